The molecule has 0 aliphatic heterocycles. The van der Waals surface area contributed by atoms with Crippen LogP contribution in [0.1, 0.15) is 24.1 Å². The van der Waals surface area contributed by atoms with Crippen LogP contribution in [-0.2, 0) is 6.54 Å². The lowest BCUT2D eigenvalue weighted by Gasteiger charge is -2.15. The highest BCUT2D eigenvalue weighted by Crippen LogP contribution is 2.15. The fourth-order valence-electron chi connectivity index (χ4n) is 2.47. The zero-order chi connectivity index (χ0) is 18.5. The Bertz CT molecular complexity index is 896. The lowest BCUT2D eigenvalue weighted by Crippen LogP contribution is -2.36. The highest BCUT2D eigenvalue weighted by molar-refractivity contribution is 5.74. The van der Waals surface area contributed by atoms with E-state index in [1.807, 2.05) is 36.5 Å². The normalized spacial score (nSPS) is 11.8. The average Bonchev–Trinajstić information content (AvgIpc) is 3.12. The second-order valence-electron chi connectivity index (χ2n) is 5.85. The molecule has 1 unspecified atom stereocenters. The molecule has 26 heavy (non-hydrogen) atoms. The quantitative estimate of drug-likeness (QED) is 0.732. The van der Waals surface area contributed by atoms with E-state index in [1.165, 1.54) is 6.07 Å². The summed E-state index contributed by atoms with van der Waals surface area (Å²) in [5, 5.41) is 9.66. The molecule has 2 N–H and O–H groups in total. The number of nitrogens with one attached hydrogen (secondary N) is 2. The molecule has 0 saturated carbocycles. The summed E-state index contributed by atoms with van der Waals surface area (Å²) < 4.78 is 28.0. The Labute approximate surface area is 149 Å². The Hall–Kier alpha value is -3.22. The van der Waals surface area contributed by atoms with Crippen LogP contribution < -0.4 is 10.6 Å². The number of hydrogen-bond acceptors (Lipinski definition) is 2. The Morgan fingerprint density at radius 3 is 2.65 bits per heavy atom. The first-order valence-electron chi connectivity index (χ1n) is 8.11. The molecule has 0 aliphatic rings. The molecule has 2 amide bonds. The van der Waals surface area contributed by atoms with Gasteiger partial charge in [0.15, 0.2) is 11.6 Å². The van der Waals surface area contributed by atoms with E-state index in [9.17, 15) is 13.6 Å². The minimum atomic E-state index is -0.940. The van der Waals surface area contributed by atoms with Crippen LogP contribution in [0.5, 0.6) is 0 Å². The molecule has 3 aromatic rings. The molecule has 3 rings (SSSR count). The minimum absolute atomic E-state index is 0.295. The number of aromatic nitrogens is 2. The topological polar surface area (TPSA) is 59.0 Å². The average molecular weight is 356 g/mol. The summed E-state index contributed by atoms with van der Waals surface area (Å²) in [5.74, 6) is -1.86. The fourth-order valence-corrected chi connectivity index (χ4v) is 2.47. The van der Waals surface area contributed by atoms with E-state index < -0.39 is 23.7 Å². The van der Waals surface area contributed by atoms with Gasteiger partial charge in [-0.15, -0.1) is 0 Å². The first-order chi connectivity index (χ1) is 12.5. The standard InChI is InChI=1S/C19H18F2N4O/c1-13(15-7-8-17(20)18(21)9-15)24-19(26)22-10-14-11-23-25(12-14)16-5-3-2-4-6-16/h2-9,11-13H,10H2,1H3,(H2,22,24,26). The second kappa shape index (κ2) is 7.77. The van der Waals surface area contributed by atoms with Crippen LogP contribution in [0.25, 0.3) is 5.69 Å². The maximum absolute atomic E-state index is 13.3. The van der Waals surface area contributed by atoms with Gasteiger partial charge in [0.25, 0.3) is 0 Å². The van der Waals surface area contributed by atoms with Crippen molar-refractivity contribution in [3.63, 3.8) is 0 Å². The van der Waals surface area contributed by atoms with Gasteiger partial charge in [0.1, 0.15) is 0 Å². The van der Waals surface area contributed by atoms with Gasteiger partial charge >= 0.3 is 6.03 Å². The number of urea groups is 1. The van der Waals surface area contributed by atoms with Crippen molar-refractivity contribution in [3.8, 4) is 5.69 Å². The molecule has 2 aromatic carbocycles. The molecule has 134 valence electrons. The summed E-state index contributed by atoms with van der Waals surface area (Å²) in [4.78, 5) is 12.0. The summed E-state index contributed by atoms with van der Waals surface area (Å²) in [5.41, 5.74) is 2.25. The van der Waals surface area contributed by atoms with Crippen LogP contribution in [0.2, 0.25) is 0 Å². The van der Waals surface area contributed by atoms with Gasteiger partial charge < -0.3 is 10.6 Å². The van der Waals surface area contributed by atoms with Gasteiger partial charge in [-0.25, -0.2) is 18.3 Å². The largest absolute Gasteiger partial charge is 0.334 e. The fraction of sp³-hybridized carbons (Fsp3) is 0.158. The molecule has 0 bridgehead atoms. The number of carbonyl (C=O) groups is 1. The lowest BCUT2D eigenvalue weighted by molar-refractivity contribution is 0.237. The van der Waals surface area contributed by atoms with Crippen molar-refractivity contribution >= 4 is 6.03 Å². The summed E-state index contributed by atoms with van der Waals surface area (Å²) in [7, 11) is 0. The monoisotopic (exact) mass is 356 g/mol. The molecular weight excluding hydrogens is 338 g/mol. The molecule has 0 fully saturated rings. The second-order valence-corrected chi connectivity index (χ2v) is 5.85. The van der Waals surface area contributed by atoms with Crippen LogP contribution in [0.4, 0.5) is 13.6 Å². The van der Waals surface area contributed by atoms with Crippen molar-refractivity contribution in [1.29, 1.82) is 0 Å². The third kappa shape index (κ3) is 4.24. The summed E-state index contributed by atoms with van der Waals surface area (Å²) in [6.45, 7) is 1.99. The predicted molar refractivity (Wildman–Crippen MR) is 93.7 cm³/mol. The number of hydrogen-bond donors (Lipinski definition) is 2. The number of halogens is 2. The molecule has 1 atom stereocenters. The van der Waals surface area contributed by atoms with E-state index in [0.717, 1.165) is 23.4 Å². The Balaban J connectivity index is 1.54. The highest BCUT2D eigenvalue weighted by atomic mass is 19.2. The number of amides is 2. The maximum Gasteiger partial charge on any atom is 0.315 e. The summed E-state index contributed by atoms with van der Waals surface area (Å²) >= 11 is 0. The Kier molecular flexibility index (Phi) is 5.26. The van der Waals surface area contributed by atoms with Gasteiger partial charge in [0, 0.05) is 18.3 Å². The van der Waals surface area contributed by atoms with Crippen molar-refractivity contribution in [1.82, 2.24) is 20.4 Å². The Morgan fingerprint density at radius 2 is 1.92 bits per heavy atom. The molecule has 0 radical (unpaired) electrons. The molecule has 1 aromatic heterocycles. The van der Waals surface area contributed by atoms with Crippen LogP contribution in [0, 0.1) is 11.6 Å². The zero-order valence-electron chi connectivity index (χ0n) is 14.1. The molecule has 0 aliphatic carbocycles. The van der Waals surface area contributed by atoms with Gasteiger partial charge in [0.05, 0.1) is 17.9 Å². The molecule has 5 nitrogen and oxygen atoms in total. The number of nitrogens with zero attached hydrogens (tertiary/aromatic N) is 2. The molecule has 1 heterocycles. The van der Waals surface area contributed by atoms with E-state index >= 15 is 0 Å². The van der Waals surface area contributed by atoms with Crippen molar-refractivity contribution in [2.75, 3.05) is 0 Å². The van der Waals surface area contributed by atoms with E-state index in [2.05, 4.69) is 15.7 Å². The van der Waals surface area contributed by atoms with Crippen LogP contribution in [-0.4, -0.2) is 15.8 Å². The third-order valence-corrected chi connectivity index (χ3v) is 3.90. The van der Waals surface area contributed by atoms with E-state index in [0.29, 0.717) is 12.1 Å². The lowest BCUT2D eigenvalue weighted by atomic mass is 10.1. The Morgan fingerprint density at radius 1 is 1.15 bits per heavy atom. The molecule has 0 spiro atoms. The number of benzene rings is 2. The summed E-state index contributed by atoms with van der Waals surface area (Å²) in [6.07, 6.45) is 3.50. The van der Waals surface area contributed by atoms with Gasteiger partial charge in [0.2, 0.25) is 0 Å². The SMILES string of the molecule is CC(NC(=O)NCc1cnn(-c2ccccc2)c1)c1ccc(F)c(F)c1. The van der Waals surface area contributed by atoms with E-state index in [-0.39, 0.29) is 0 Å². The number of carbonyl (C=O) groups excluding carboxylic acids is 1. The van der Waals surface area contributed by atoms with Crippen LogP contribution in [0.3, 0.4) is 0 Å². The van der Waals surface area contributed by atoms with Crippen molar-refractivity contribution in [2.45, 2.75) is 19.5 Å². The smallest absolute Gasteiger partial charge is 0.315 e. The molecule has 7 heteroatoms. The van der Waals surface area contributed by atoms with Crippen molar-refractivity contribution in [3.05, 3.63) is 83.7 Å². The first kappa shape index (κ1) is 17.6. The number of rotatable bonds is 5. The highest BCUT2D eigenvalue weighted by Gasteiger charge is 2.12. The van der Waals surface area contributed by atoms with Gasteiger partial charge in [-0.1, -0.05) is 24.3 Å². The van der Waals surface area contributed by atoms with Crippen LogP contribution in [0.15, 0.2) is 60.9 Å². The van der Waals surface area contributed by atoms with E-state index in [1.54, 1.807) is 17.8 Å². The zero-order valence-corrected chi connectivity index (χ0v) is 14.1. The first-order valence-corrected chi connectivity index (χ1v) is 8.11. The summed E-state index contributed by atoms with van der Waals surface area (Å²) in [6, 6.07) is 12.3. The minimum Gasteiger partial charge on any atom is -0.334 e. The third-order valence-electron chi connectivity index (χ3n) is 3.90. The maximum atomic E-state index is 13.3. The molecular formula is C19H18F2N4O. The van der Waals surface area contributed by atoms with Gasteiger partial charge in [-0.05, 0) is 36.8 Å². The van der Waals surface area contributed by atoms with Gasteiger partial charge in [-0.3, -0.25) is 0 Å². The number of para-hydroxylation sites is 1. The predicted octanol–water partition coefficient (Wildman–Crippen LogP) is 3.71. The van der Waals surface area contributed by atoms with Crippen LogP contribution >= 0.6 is 0 Å². The van der Waals surface area contributed by atoms with Gasteiger partial charge in [-0.2, -0.15) is 5.10 Å². The van der Waals surface area contributed by atoms with Crippen molar-refractivity contribution < 1.29 is 13.6 Å². The van der Waals surface area contributed by atoms with E-state index in [4.69, 9.17) is 0 Å². The van der Waals surface area contributed by atoms with Crippen molar-refractivity contribution in [2.24, 2.45) is 0 Å². The molecule has 0 saturated heterocycles.